The molecule has 2 aliphatic rings. The highest BCUT2D eigenvalue weighted by Gasteiger charge is 2.24. The van der Waals surface area contributed by atoms with Crippen molar-refractivity contribution in [3.63, 3.8) is 0 Å². The van der Waals surface area contributed by atoms with Crippen molar-refractivity contribution in [1.82, 2.24) is 14.7 Å². The van der Waals surface area contributed by atoms with Gasteiger partial charge in [-0.1, -0.05) is 0 Å². The summed E-state index contributed by atoms with van der Waals surface area (Å²) in [4.78, 5) is 19.0. The quantitative estimate of drug-likeness (QED) is 0.699. The van der Waals surface area contributed by atoms with Gasteiger partial charge in [-0.3, -0.25) is 9.69 Å². The van der Waals surface area contributed by atoms with Gasteiger partial charge in [0.2, 0.25) is 5.91 Å². The van der Waals surface area contributed by atoms with E-state index in [2.05, 4.69) is 16.8 Å². The van der Waals surface area contributed by atoms with Crippen LogP contribution in [0.2, 0.25) is 0 Å². The first-order valence-corrected chi connectivity index (χ1v) is 8.36. The molecule has 1 unspecified atom stereocenters. The lowest BCUT2D eigenvalue weighted by molar-refractivity contribution is -0.133. The van der Waals surface area contributed by atoms with Gasteiger partial charge in [-0.25, -0.2) is 0 Å². The number of piperidine rings is 1. The van der Waals surface area contributed by atoms with Crippen molar-refractivity contribution in [1.29, 1.82) is 0 Å². The number of rotatable bonds is 7. The number of hydrogen-bond acceptors (Lipinski definition) is 4. The highest BCUT2D eigenvalue weighted by atomic mass is 16.5. The smallest absolute Gasteiger partial charge is 0.236 e. The zero-order valence-corrected chi connectivity index (χ0v) is 13.7. The zero-order valence-electron chi connectivity index (χ0n) is 13.7. The summed E-state index contributed by atoms with van der Waals surface area (Å²) >= 11 is 0. The fourth-order valence-corrected chi connectivity index (χ4v) is 3.46. The number of ether oxygens (including phenoxy) is 1. The van der Waals surface area contributed by atoms with Gasteiger partial charge in [0.25, 0.3) is 0 Å². The Labute approximate surface area is 129 Å². The fraction of sp³-hybridized carbons (Fsp3) is 0.938. The van der Waals surface area contributed by atoms with Crippen LogP contribution < -0.4 is 0 Å². The van der Waals surface area contributed by atoms with Gasteiger partial charge in [-0.05, 0) is 45.2 Å². The molecule has 2 fully saturated rings. The highest BCUT2D eigenvalue weighted by molar-refractivity contribution is 5.78. The lowest BCUT2D eigenvalue weighted by atomic mass is 10.1. The molecule has 2 heterocycles. The summed E-state index contributed by atoms with van der Waals surface area (Å²) in [6.45, 7) is 7.69. The molecule has 0 spiro atoms. The standard InChI is InChI=1S/C16H31N3O2/c1-17(14-16(20)19-7-4-3-5-8-19)12-15-6-9-18(13-15)10-11-21-2/h15H,3-14H2,1-2H3. The number of likely N-dealkylation sites (tertiary alicyclic amines) is 2. The van der Waals surface area contributed by atoms with Crippen molar-refractivity contribution < 1.29 is 9.53 Å². The summed E-state index contributed by atoms with van der Waals surface area (Å²) in [6, 6.07) is 0. The Morgan fingerprint density at radius 2 is 2.00 bits per heavy atom. The Kier molecular flexibility index (Phi) is 6.93. The maximum Gasteiger partial charge on any atom is 0.236 e. The Morgan fingerprint density at radius 1 is 1.24 bits per heavy atom. The van der Waals surface area contributed by atoms with Crippen LogP contribution in [0.5, 0.6) is 0 Å². The monoisotopic (exact) mass is 297 g/mol. The van der Waals surface area contributed by atoms with Crippen LogP contribution in [0.1, 0.15) is 25.7 Å². The van der Waals surface area contributed by atoms with Crippen LogP contribution >= 0.6 is 0 Å². The number of likely N-dealkylation sites (N-methyl/N-ethyl adjacent to an activating group) is 1. The first-order chi connectivity index (χ1) is 10.2. The maximum absolute atomic E-state index is 12.2. The number of carbonyl (C=O) groups excluding carboxylic acids is 1. The second kappa shape index (κ2) is 8.71. The molecule has 1 atom stereocenters. The molecule has 0 radical (unpaired) electrons. The van der Waals surface area contributed by atoms with Crippen molar-refractivity contribution in [3.8, 4) is 0 Å². The highest BCUT2D eigenvalue weighted by Crippen LogP contribution is 2.17. The molecule has 0 aliphatic carbocycles. The predicted octanol–water partition coefficient (Wildman–Crippen LogP) is 0.899. The first-order valence-electron chi connectivity index (χ1n) is 8.36. The summed E-state index contributed by atoms with van der Waals surface area (Å²) in [5.74, 6) is 1.01. The van der Waals surface area contributed by atoms with Crippen LogP contribution in [0, 0.1) is 5.92 Å². The van der Waals surface area contributed by atoms with Crippen molar-refractivity contribution in [2.24, 2.45) is 5.92 Å². The normalized spacial score (nSPS) is 24.0. The molecule has 1 amide bonds. The number of methoxy groups -OCH3 is 1. The molecule has 21 heavy (non-hydrogen) atoms. The fourth-order valence-electron chi connectivity index (χ4n) is 3.46. The van der Waals surface area contributed by atoms with Crippen LogP contribution in [0.25, 0.3) is 0 Å². The van der Waals surface area contributed by atoms with E-state index in [1.807, 2.05) is 4.90 Å². The Hall–Kier alpha value is -0.650. The van der Waals surface area contributed by atoms with Crippen molar-refractivity contribution in [3.05, 3.63) is 0 Å². The summed E-state index contributed by atoms with van der Waals surface area (Å²) in [6.07, 6.45) is 4.87. The minimum atomic E-state index is 0.312. The molecular weight excluding hydrogens is 266 g/mol. The molecule has 2 aliphatic heterocycles. The summed E-state index contributed by atoms with van der Waals surface area (Å²) < 4.78 is 5.14. The zero-order chi connectivity index (χ0) is 15.1. The minimum absolute atomic E-state index is 0.312. The summed E-state index contributed by atoms with van der Waals surface area (Å²) in [7, 11) is 3.84. The number of amides is 1. The summed E-state index contributed by atoms with van der Waals surface area (Å²) in [5.41, 5.74) is 0. The Morgan fingerprint density at radius 3 is 2.71 bits per heavy atom. The number of nitrogens with zero attached hydrogens (tertiary/aromatic N) is 3. The topological polar surface area (TPSA) is 36.0 Å². The van der Waals surface area contributed by atoms with E-state index in [4.69, 9.17) is 4.74 Å². The van der Waals surface area contributed by atoms with Gasteiger partial charge < -0.3 is 14.5 Å². The number of carbonyl (C=O) groups is 1. The van der Waals surface area contributed by atoms with E-state index < -0.39 is 0 Å². The van der Waals surface area contributed by atoms with Crippen LogP contribution in [-0.4, -0.2) is 87.2 Å². The Balaban J connectivity index is 1.65. The third kappa shape index (κ3) is 5.57. The summed E-state index contributed by atoms with van der Waals surface area (Å²) in [5, 5.41) is 0. The van der Waals surface area contributed by atoms with Crippen LogP contribution in [0.15, 0.2) is 0 Å². The molecule has 122 valence electrons. The van der Waals surface area contributed by atoms with E-state index in [1.54, 1.807) is 7.11 Å². The van der Waals surface area contributed by atoms with E-state index >= 15 is 0 Å². The van der Waals surface area contributed by atoms with E-state index in [9.17, 15) is 4.79 Å². The molecule has 2 saturated heterocycles. The lowest BCUT2D eigenvalue weighted by Gasteiger charge is -2.29. The molecule has 5 nitrogen and oxygen atoms in total. The largest absolute Gasteiger partial charge is 0.383 e. The average Bonchev–Trinajstić information content (AvgIpc) is 2.93. The van der Waals surface area contributed by atoms with Gasteiger partial charge >= 0.3 is 0 Å². The van der Waals surface area contributed by atoms with E-state index in [-0.39, 0.29) is 0 Å². The van der Waals surface area contributed by atoms with Gasteiger partial charge in [0.05, 0.1) is 13.2 Å². The predicted molar refractivity (Wildman–Crippen MR) is 84.4 cm³/mol. The lowest BCUT2D eigenvalue weighted by Crippen LogP contribution is -2.42. The third-order valence-corrected chi connectivity index (χ3v) is 4.67. The van der Waals surface area contributed by atoms with E-state index in [1.165, 1.54) is 32.2 Å². The average molecular weight is 297 g/mol. The number of hydrogen-bond donors (Lipinski definition) is 0. The van der Waals surface area contributed by atoms with Gasteiger partial charge in [0.15, 0.2) is 0 Å². The second-order valence-electron chi connectivity index (χ2n) is 6.59. The minimum Gasteiger partial charge on any atom is -0.383 e. The molecule has 2 rings (SSSR count). The Bertz CT molecular complexity index is 319. The van der Waals surface area contributed by atoms with Gasteiger partial charge in [-0.15, -0.1) is 0 Å². The van der Waals surface area contributed by atoms with Crippen molar-refractivity contribution in [2.45, 2.75) is 25.7 Å². The molecule has 5 heteroatoms. The van der Waals surface area contributed by atoms with E-state index in [0.29, 0.717) is 18.4 Å². The first kappa shape index (κ1) is 16.7. The third-order valence-electron chi connectivity index (χ3n) is 4.67. The second-order valence-corrected chi connectivity index (χ2v) is 6.59. The molecule has 0 N–H and O–H groups in total. The molecule has 0 saturated carbocycles. The molecular formula is C16H31N3O2. The van der Waals surface area contributed by atoms with Crippen molar-refractivity contribution in [2.75, 3.05) is 66.6 Å². The van der Waals surface area contributed by atoms with Gasteiger partial charge in [0, 0.05) is 39.8 Å². The van der Waals surface area contributed by atoms with E-state index in [0.717, 1.165) is 39.3 Å². The van der Waals surface area contributed by atoms with Crippen LogP contribution in [0.4, 0.5) is 0 Å². The molecule has 0 aromatic carbocycles. The molecule has 0 bridgehead atoms. The van der Waals surface area contributed by atoms with Gasteiger partial charge in [-0.2, -0.15) is 0 Å². The van der Waals surface area contributed by atoms with Crippen LogP contribution in [0.3, 0.4) is 0 Å². The SMILES string of the molecule is COCCN1CCC(CN(C)CC(=O)N2CCCCC2)C1. The van der Waals surface area contributed by atoms with Crippen molar-refractivity contribution >= 4 is 5.91 Å². The van der Waals surface area contributed by atoms with Crippen LogP contribution in [-0.2, 0) is 9.53 Å². The maximum atomic E-state index is 12.2. The molecule has 0 aromatic rings. The van der Waals surface area contributed by atoms with Gasteiger partial charge in [0.1, 0.15) is 0 Å². The molecule has 0 aromatic heterocycles.